The standard InChI is InChI=1S/C25H35N3O2/c1-4-27(5-2)18-20-9-11-22(12-10-20)25(29)26-23-13-15-28(16-14-23)19-21-7-6-8-24(17-21)30-3/h6-12,17,23H,4-5,13-16,18-19H2,1-3H3,(H,26,29). The summed E-state index contributed by atoms with van der Waals surface area (Å²) in [4.78, 5) is 17.5. The topological polar surface area (TPSA) is 44.8 Å². The summed E-state index contributed by atoms with van der Waals surface area (Å²) in [6, 6.07) is 16.5. The third-order valence-corrected chi connectivity index (χ3v) is 5.98. The summed E-state index contributed by atoms with van der Waals surface area (Å²) in [6.07, 6.45) is 1.96. The predicted octanol–water partition coefficient (Wildman–Crippen LogP) is 3.93. The number of methoxy groups -OCH3 is 1. The first-order chi connectivity index (χ1) is 14.6. The zero-order valence-corrected chi connectivity index (χ0v) is 18.6. The maximum absolute atomic E-state index is 12.7. The summed E-state index contributed by atoms with van der Waals surface area (Å²) >= 11 is 0. The number of likely N-dealkylation sites (tertiary alicyclic amines) is 1. The normalized spacial score (nSPS) is 15.3. The lowest BCUT2D eigenvalue weighted by atomic mass is 10.0. The molecule has 0 radical (unpaired) electrons. The molecule has 0 saturated carbocycles. The van der Waals surface area contributed by atoms with Gasteiger partial charge in [-0.2, -0.15) is 0 Å². The largest absolute Gasteiger partial charge is 0.497 e. The van der Waals surface area contributed by atoms with Crippen LogP contribution in [-0.4, -0.2) is 55.0 Å². The van der Waals surface area contributed by atoms with Gasteiger partial charge >= 0.3 is 0 Å². The number of hydrogen-bond acceptors (Lipinski definition) is 4. The van der Waals surface area contributed by atoms with Crippen LogP contribution in [0.2, 0.25) is 0 Å². The monoisotopic (exact) mass is 409 g/mol. The van der Waals surface area contributed by atoms with Crippen LogP contribution in [0.25, 0.3) is 0 Å². The van der Waals surface area contributed by atoms with Crippen LogP contribution in [0.1, 0.15) is 48.2 Å². The summed E-state index contributed by atoms with van der Waals surface area (Å²) in [5.41, 5.74) is 3.26. The van der Waals surface area contributed by atoms with Gasteiger partial charge in [0.1, 0.15) is 5.75 Å². The van der Waals surface area contributed by atoms with Gasteiger partial charge in [0.25, 0.3) is 5.91 Å². The first kappa shape index (κ1) is 22.3. The summed E-state index contributed by atoms with van der Waals surface area (Å²) in [6.45, 7) is 10.3. The molecule has 2 aromatic carbocycles. The van der Waals surface area contributed by atoms with Gasteiger partial charge in [0, 0.05) is 37.8 Å². The number of hydrogen-bond donors (Lipinski definition) is 1. The Labute approximate surface area is 181 Å². The van der Waals surface area contributed by atoms with Gasteiger partial charge in [-0.1, -0.05) is 38.1 Å². The van der Waals surface area contributed by atoms with Gasteiger partial charge in [0.05, 0.1) is 7.11 Å². The number of amides is 1. The van der Waals surface area contributed by atoms with Crippen LogP contribution in [0.4, 0.5) is 0 Å². The molecule has 1 N–H and O–H groups in total. The molecule has 1 aliphatic rings. The molecule has 2 aromatic rings. The first-order valence-electron chi connectivity index (χ1n) is 11.1. The van der Waals surface area contributed by atoms with Crippen LogP contribution < -0.4 is 10.1 Å². The Kier molecular flexibility index (Phi) is 8.29. The van der Waals surface area contributed by atoms with Gasteiger partial charge in [0.2, 0.25) is 0 Å². The van der Waals surface area contributed by atoms with Crippen molar-refractivity contribution < 1.29 is 9.53 Å². The number of carbonyl (C=O) groups is 1. The molecule has 0 bridgehead atoms. The zero-order chi connectivity index (χ0) is 21.3. The predicted molar refractivity (Wildman–Crippen MR) is 122 cm³/mol. The molecule has 162 valence electrons. The molecule has 0 aliphatic carbocycles. The van der Waals surface area contributed by atoms with Crippen molar-refractivity contribution in [3.05, 3.63) is 65.2 Å². The molecule has 5 nitrogen and oxygen atoms in total. The Morgan fingerprint density at radius 3 is 2.40 bits per heavy atom. The van der Waals surface area contributed by atoms with Crippen LogP contribution in [0.3, 0.4) is 0 Å². The lowest BCUT2D eigenvalue weighted by Gasteiger charge is -2.32. The lowest BCUT2D eigenvalue weighted by molar-refractivity contribution is 0.0909. The molecule has 0 aromatic heterocycles. The number of nitrogens with zero attached hydrogens (tertiary/aromatic N) is 2. The molecule has 0 unspecified atom stereocenters. The Hall–Kier alpha value is -2.37. The molecule has 1 fully saturated rings. The fourth-order valence-corrected chi connectivity index (χ4v) is 4.00. The highest BCUT2D eigenvalue weighted by Crippen LogP contribution is 2.18. The Morgan fingerprint density at radius 2 is 1.77 bits per heavy atom. The minimum atomic E-state index is 0.0376. The van der Waals surface area contributed by atoms with Crippen molar-refractivity contribution >= 4 is 5.91 Å². The average Bonchev–Trinajstić information content (AvgIpc) is 2.79. The molecule has 0 atom stereocenters. The molecule has 30 heavy (non-hydrogen) atoms. The van der Waals surface area contributed by atoms with Crippen LogP contribution >= 0.6 is 0 Å². The van der Waals surface area contributed by atoms with Crippen LogP contribution in [0.5, 0.6) is 5.75 Å². The van der Waals surface area contributed by atoms with Crippen molar-refractivity contribution in [2.24, 2.45) is 0 Å². The number of benzene rings is 2. The number of nitrogens with one attached hydrogen (secondary N) is 1. The van der Waals surface area contributed by atoms with Crippen LogP contribution in [-0.2, 0) is 13.1 Å². The molecule has 1 aliphatic heterocycles. The van der Waals surface area contributed by atoms with E-state index >= 15 is 0 Å². The van der Waals surface area contributed by atoms with E-state index in [0.717, 1.165) is 63.4 Å². The molecular weight excluding hydrogens is 374 g/mol. The van der Waals surface area contributed by atoms with Gasteiger partial charge < -0.3 is 10.1 Å². The van der Waals surface area contributed by atoms with E-state index in [1.165, 1.54) is 11.1 Å². The minimum absolute atomic E-state index is 0.0376. The van der Waals surface area contributed by atoms with Gasteiger partial charge in [-0.3, -0.25) is 14.6 Å². The highest BCUT2D eigenvalue weighted by atomic mass is 16.5. The van der Waals surface area contributed by atoms with Gasteiger partial charge in [-0.25, -0.2) is 0 Å². The first-order valence-corrected chi connectivity index (χ1v) is 11.1. The van der Waals surface area contributed by atoms with Crippen molar-refractivity contribution in [2.75, 3.05) is 33.3 Å². The molecule has 5 heteroatoms. The van der Waals surface area contributed by atoms with Crippen molar-refractivity contribution in [2.45, 2.75) is 45.8 Å². The third-order valence-electron chi connectivity index (χ3n) is 5.98. The van der Waals surface area contributed by atoms with Crippen molar-refractivity contribution in [3.63, 3.8) is 0 Å². The van der Waals surface area contributed by atoms with E-state index < -0.39 is 0 Å². The van der Waals surface area contributed by atoms with Gasteiger partial charge in [-0.15, -0.1) is 0 Å². The number of piperidine rings is 1. The molecule has 1 amide bonds. The molecule has 1 heterocycles. The number of rotatable bonds is 9. The van der Waals surface area contributed by atoms with Crippen molar-refractivity contribution in [3.8, 4) is 5.75 Å². The van der Waals surface area contributed by atoms with Crippen molar-refractivity contribution in [1.82, 2.24) is 15.1 Å². The van der Waals surface area contributed by atoms with E-state index in [9.17, 15) is 4.79 Å². The maximum Gasteiger partial charge on any atom is 0.251 e. The van der Waals surface area contributed by atoms with E-state index in [-0.39, 0.29) is 11.9 Å². The summed E-state index contributed by atoms with van der Waals surface area (Å²) in [5, 5.41) is 3.22. The molecular formula is C25H35N3O2. The molecule has 3 rings (SSSR count). The molecule has 1 saturated heterocycles. The van der Waals surface area contributed by atoms with Crippen molar-refractivity contribution in [1.29, 1.82) is 0 Å². The highest BCUT2D eigenvalue weighted by Gasteiger charge is 2.21. The quantitative estimate of drug-likeness (QED) is 0.682. The summed E-state index contributed by atoms with van der Waals surface area (Å²) in [7, 11) is 1.70. The summed E-state index contributed by atoms with van der Waals surface area (Å²) in [5.74, 6) is 0.938. The smallest absolute Gasteiger partial charge is 0.251 e. The van der Waals surface area contributed by atoms with Gasteiger partial charge in [0.15, 0.2) is 0 Å². The zero-order valence-electron chi connectivity index (χ0n) is 18.6. The van der Waals surface area contributed by atoms with E-state index in [1.807, 2.05) is 24.3 Å². The highest BCUT2D eigenvalue weighted by molar-refractivity contribution is 5.94. The third kappa shape index (κ3) is 6.31. The second-order valence-corrected chi connectivity index (χ2v) is 8.03. The minimum Gasteiger partial charge on any atom is -0.497 e. The Bertz CT molecular complexity index is 794. The van der Waals surface area contributed by atoms with Gasteiger partial charge in [-0.05, 0) is 61.3 Å². The van der Waals surface area contributed by atoms with E-state index in [0.29, 0.717) is 0 Å². The maximum atomic E-state index is 12.7. The Morgan fingerprint density at radius 1 is 1.07 bits per heavy atom. The second-order valence-electron chi connectivity index (χ2n) is 8.03. The molecule has 0 spiro atoms. The van der Waals surface area contributed by atoms with Crippen LogP contribution in [0, 0.1) is 0 Å². The number of ether oxygens (including phenoxy) is 1. The van der Waals surface area contributed by atoms with E-state index in [1.54, 1.807) is 7.11 Å². The summed E-state index contributed by atoms with van der Waals surface area (Å²) < 4.78 is 5.32. The van der Waals surface area contributed by atoms with E-state index in [4.69, 9.17) is 4.74 Å². The number of carbonyl (C=O) groups excluding carboxylic acids is 1. The average molecular weight is 410 g/mol. The van der Waals surface area contributed by atoms with E-state index in [2.05, 4.69) is 53.2 Å². The Balaban J connectivity index is 1.45. The SMILES string of the molecule is CCN(CC)Cc1ccc(C(=O)NC2CCN(Cc3cccc(OC)c3)CC2)cc1. The lowest BCUT2D eigenvalue weighted by Crippen LogP contribution is -2.44. The fraction of sp³-hybridized carbons (Fsp3) is 0.480. The fourth-order valence-electron chi connectivity index (χ4n) is 4.00. The second kappa shape index (κ2) is 11.1. The van der Waals surface area contributed by atoms with Crippen LogP contribution in [0.15, 0.2) is 48.5 Å².